The topological polar surface area (TPSA) is 95.6 Å². The predicted octanol–water partition coefficient (Wildman–Crippen LogP) is 3.44. The number of imide groups is 1. The van der Waals surface area contributed by atoms with Gasteiger partial charge in [-0.15, -0.1) is 0 Å². The largest absolute Gasteiger partial charge is 0.371 e. The van der Waals surface area contributed by atoms with Crippen molar-refractivity contribution in [1.82, 2.24) is 5.32 Å². The Balaban J connectivity index is 1.35. The van der Waals surface area contributed by atoms with Crippen LogP contribution in [0.25, 0.3) is 0 Å². The SMILES string of the molecule is CC[C@]1(c2ccc(NC(=O)C3CCN(c4ccc(C=O)cc4)CC3)cc2)CCC(=O)NC1=O. The summed E-state index contributed by atoms with van der Waals surface area (Å²) in [5.41, 5.74) is 2.58. The van der Waals surface area contributed by atoms with Gasteiger partial charge in [-0.2, -0.15) is 0 Å². The second-order valence-corrected chi connectivity index (χ2v) is 8.85. The normalized spacial score (nSPS) is 21.4. The summed E-state index contributed by atoms with van der Waals surface area (Å²) in [5, 5.41) is 5.47. The van der Waals surface area contributed by atoms with Gasteiger partial charge in [0.15, 0.2) is 0 Å². The zero-order valence-electron chi connectivity index (χ0n) is 18.8. The lowest BCUT2D eigenvalue weighted by molar-refractivity contribution is -0.138. The maximum Gasteiger partial charge on any atom is 0.237 e. The summed E-state index contributed by atoms with van der Waals surface area (Å²) in [6, 6.07) is 14.9. The maximum atomic E-state index is 12.8. The van der Waals surface area contributed by atoms with Gasteiger partial charge in [0, 0.05) is 42.4 Å². The molecule has 0 spiro atoms. The summed E-state index contributed by atoms with van der Waals surface area (Å²) in [4.78, 5) is 50.0. The number of piperidine rings is 2. The molecule has 0 aliphatic carbocycles. The number of hydrogen-bond donors (Lipinski definition) is 2. The van der Waals surface area contributed by atoms with Crippen molar-refractivity contribution >= 4 is 35.4 Å². The molecule has 2 N–H and O–H groups in total. The Hall–Kier alpha value is -3.48. The zero-order valence-corrected chi connectivity index (χ0v) is 18.8. The summed E-state index contributed by atoms with van der Waals surface area (Å²) >= 11 is 0. The average molecular weight is 448 g/mol. The van der Waals surface area contributed by atoms with Crippen molar-refractivity contribution in [3.8, 4) is 0 Å². The molecule has 0 aromatic heterocycles. The molecule has 4 rings (SSSR count). The maximum absolute atomic E-state index is 12.8. The van der Waals surface area contributed by atoms with Crippen LogP contribution in [0.3, 0.4) is 0 Å². The van der Waals surface area contributed by atoms with Crippen LogP contribution in [0.15, 0.2) is 48.5 Å². The lowest BCUT2D eigenvalue weighted by atomic mass is 9.72. The minimum absolute atomic E-state index is 0.00455. The highest BCUT2D eigenvalue weighted by Crippen LogP contribution is 2.36. The predicted molar refractivity (Wildman–Crippen MR) is 126 cm³/mol. The molecular formula is C26H29N3O4. The van der Waals surface area contributed by atoms with Crippen LogP contribution >= 0.6 is 0 Å². The quantitative estimate of drug-likeness (QED) is 0.522. The van der Waals surface area contributed by atoms with E-state index in [1.807, 2.05) is 55.5 Å². The third-order valence-corrected chi connectivity index (χ3v) is 7.04. The lowest BCUT2D eigenvalue weighted by Gasteiger charge is -2.35. The fourth-order valence-corrected chi connectivity index (χ4v) is 4.85. The van der Waals surface area contributed by atoms with Gasteiger partial charge < -0.3 is 10.2 Å². The van der Waals surface area contributed by atoms with Gasteiger partial charge in [0.05, 0.1) is 5.41 Å². The molecule has 2 aliphatic heterocycles. The first-order chi connectivity index (χ1) is 15.9. The van der Waals surface area contributed by atoms with Crippen LogP contribution in [0.5, 0.6) is 0 Å². The Morgan fingerprint density at radius 1 is 1.09 bits per heavy atom. The molecule has 2 aromatic rings. The Kier molecular flexibility index (Phi) is 6.58. The van der Waals surface area contributed by atoms with Crippen molar-refractivity contribution in [3.63, 3.8) is 0 Å². The van der Waals surface area contributed by atoms with Crippen LogP contribution in [0.4, 0.5) is 11.4 Å². The van der Waals surface area contributed by atoms with Crippen molar-refractivity contribution in [2.75, 3.05) is 23.3 Å². The van der Waals surface area contributed by atoms with Gasteiger partial charge in [0.25, 0.3) is 0 Å². The molecule has 3 amide bonds. The van der Waals surface area contributed by atoms with Gasteiger partial charge in [-0.1, -0.05) is 19.1 Å². The molecule has 0 radical (unpaired) electrons. The van der Waals surface area contributed by atoms with Crippen LogP contribution in [0, 0.1) is 5.92 Å². The van der Waals surface area contributed by atoms with E-state index in [-0.39, 0.29) is 23.6 Å². The zero-order chi connectivity index (χ0) is 23.4. The molecular weight excluding hydrogens is 418 g/mol. The molecule has 172 valence electrons. The van der Waals surface area contributed by atoms with Crippen LogP contribution in [-0.2, 0) is 19.8 Å². The molecule has 1 atom stereocenters. The summed E-state index contributed by atoms with van der Waals surface area (Å²) in [6.07, 6.45) is 3.78. The highest BCUT2D eigenvalue weighted by Gasteiger charge is 2.42. The minimum atomic E-state index is -0.701. The van der Waals surface area contributed by atoms with Crippen molar-refractivity contribution in [2.24, 2.45) is 5.92 Å². The average Bonchev–Trinajstić information content (AvgIpc) is 2.85. The smallest absolute Gasteiger partial charge is 0.237 e. The number of benzene rings is 2. The Bertz CT molecular complexity index is 1040. The molecule has 0 unspecified atom stereocenters. The summed E-state index contributed by atoms with van der Waals surface area (Å²) in [6.45, 7) is 3.52. The van der Waals surface area contributed by atoms with E-state index in [2.05, 4.69) is 15.5 Å². The standard InChI is InChI=1S/C26H29N3O4/c1-2-26(14-11-23(31)28-25(26)33)20-5-7-21(8-6-20)27-24(32)19-12-15-29(16-13-19)22-9-3-18(17-30)4-10-22/h3-10,17,19H,2,11-16H2,1H3,(H,27,32)(H,28,31,33)/t26-/m1/s1. The van der Waals surface area contributed by atoms with E-state index in [4.69, 9.17) is 0 Å². The van der Waals surface area contributed by atoms with Crippen molar-refractivity contribution in [2.45, 2.75) is 44.4 Å². The summed E-state index contributed by atoms with van der Waals surface area (Å²) in [5.74, 6) is -0.528. The molecule has 2 fully saturated rings. The van der Waals surface area contributed by atoms with E-state index in [0.717, 1.165) is 43.5 Å². The van der Waals surface area contributed by atoms with Gasteiger partial charge in [0.2, 0.25) is 17.7 Å². The molecule has 2 heterocycles. The number of carbonyl (C=O) groups is 4. The first-order valence-corrected chi connectivity index (χ1v) is 11.5. The number of aldehydes is 1. The molecule has 2 saturated heterocycles. The monoisotopic (exact) mass is 447 g/mol. The summed E-state index contributed by atoms with van der Waals surface area (Å²) in [7, 11) is 0. The van der Waals surface area contributed by atoms with Gasteiger partial charge >= 0.3 is 0 Å². The van der Waals surface area contributed by atoms with Crippen molar-refractivity contribution in [3.05, 3.63) is 59.7 Å². The molecule has 0 saturated carbocycles. The van der Waals surface area contributed by atoms with E-state index in [0.29, 0.717) is 30.5 Å². The number of nitrogens with zero attached hydrogens (tertiary/aromatic N) is 1. The highest BCUT2D eigenvalue weighted by molar-refractivity contribution is 6.03. The Morgan fingerprint density at radius 3 is 2.33 bits per heavy atom. The van der Waals surface area contributed by atoms with Crippen LogP contribution in [0.2, 0.25) is 0 Å². The minimum Gasteiger partial charge on any atom is -0.371 e. The molecule has 0 bridgehead atoms. The van der Waals surface area contributed by atoms with Crippen LogP contribution in [0.1, 0.15) is 54.9 Å². The lowest BCUT2D eigenvalue weighted by Crippen LogP contribution is -2.51. The molecule has 33 heavy (non-hydrogen) atoms. The van der Waals surface area contributed by atoms with Gasteiger partial charge in [-0.3, -0.25) is 24.5 Å². The number of hydrogen-bond acceptors (Lipinski definition) is 5. The molecule has 2 aromatic carbocycles. The second-order valence-electron chi connectivity index (χ2n) is 8.85. The molecule has 2 aliphatic rings. The third-order valence-electron chi connectivity index (χ3n) is 7.04. The van der Waals surface area contributed by atoms with E-state index in [1.54, 1.807) is 0 Å². The van der Waals surface area contributed by atoms with Crippen LogP contribution in [-0.4, -0.2) is 37.1 Å². The third kappa shape index (κ3) is 4.67. The van der Waals surface area contributed by atoms with E-state index < -0.39 is 5.41 Å². The van der Waals surface area contributed by atoms with Crippen molar-refractivity contribution in [1.29, 1.82) is 0 Å². The van der Waals surface area contributed by atoms with Gasteiger partial charge in [-0.05, 0) is 67.6 Å². The van der Waals surface area contributed by atoms with Crippen molar-refractivity contribution < 1.29 is 19.2 Å². The highest BCUT2D eigenvalue weighted by atomic mass is 16.2. The Labute approximate surface area is 193 Å². The second kappa shape index (κ2) is 9.57. The first-order valence-electron chi connectivity index (χ1n) is 11.5. The van der Waals surface area contributed by atoms with Gasteiger partial charge in [0.1, 0.15) is 6.29 Å². The number of rotatable bonds is 6. The number of amides is 3. The van der Waals surface area contributed by atoms with E-state index in [1.165, 1.54) is 0 Å². The fraction of sp³-hybridized carbons (Fsp3) is 0.385. The number of nitrogens with one attached hydrogen (secondary N) is 2. The fourth-order valence-electron chi connectivity index (χ4n) is 4.85. The first kappa shape index (κ1) is 22.7. The van der Waals surface area contributed by atoms with Crippen LogP contribution < -0.4 is 15.5 Å². The van der Waals surface area contributed by atoms with E-state index >= 15 is 0 Å². The summed E-state index contributed by atoms with van der Waals surface area (Å²) < 4.78 is 0. The molecule has 7 nitrogen and oxygen atoms in total. The van der Waals surface area contributed by atoms with Gasteiger partial charge in [-0.25, -0.2) is 0 Å². The number of anilines is 2. The molecule has 7 heteroatoms. The number of carbonyl (C=O) groups excluding carboxylic acids is 4. The Morgan fingerprint density at radius 2 is 1.76 bits per heavy atom. The van der Waals surface area contributed by atoms with E-state index in [9.17, 15) is 19.2 Å².